The molecule has 1 unspecified atom stereocenters. The highest BCUT2D eigenvalue weighted by molar-refractivity contribution is 6.09. The molecule has 1 aromatic rings. The zero-order chi connectivity index (χ0) is 18.5. The van der Waals surface area contributed by atoms with E-state index in [1.165, 1.54) is 24.8 Å². The number of carbonyl (C=O) groups is 3. The number of aryl methyl sites for hydroxylation is 1. The van der Waals surface area contributed by atoms with Crippen LogP contribution in [0.3, 0.4) is 0 Å². The van der Waals surface area contributed by atoms with E-state index in [-0.39, 0.29) is 11.3 Å². The lowest BCUT2D eigenvalue weighted by Crippen LogP contribution is -2.37. The first-order valence-electron chi connectivity index (χ1n) is 7.99. The Hall–Kier alpha value is -2.32. The van der Waals surface area contributed by atoms with Gasteiger partial charge in [-0.2, -0.15) is 13.2 Å². The van der Waals surface area contributed by atoms with Crippen LogP contribution in [0.15, 0.2) is 6.07 Å². The number of rotatable bonds is 4. The highest BCUT2D eigenvalue weighted by Crippen LogP contribution is 2.28. The van der Waals surface area contributed by atoms with E-state index >= 15 is 0 Å². The van der Waals surface area contributed by atoms with Crippen molar-refractivity contribution in [3.05, 3.63) is 23.0 Å². The normalized spacial score (nSPS) is 20.6. The lowest BCUT2D eigenvalue weighted by Gasteiger charge is -2.15. The summed E-state index contributed by atoms with van der Waals surface area (Å²) in [6.07, 6.45) is -3.07. The van der Waals surface area contributed by atoms with Gasteiger partial charge in [-0.1, -0.05) is 0 Å². The molecule has 136 valence electrons. The lowest BCUT2D eigenvalue weighted by molar-refractivity contribution is -0.141. The van der Waals surface area contributed by atoms with E-state index in [0.717, 1.165) is 15.9 Å². The summed E-state index contributed by atoms with van der Waals surface area (Å²) in [5, 5.41) is 0. The van der Waals surface area contributed by atoms with Gasteiger partial charge in [0, 0.05) is 23.5 Å². The van der Waals surface area contributed by atoms with Crippen molar-refractivity contribution in [1.29, 1.82) is 0 Å². The molecule has 0 saturated carbocycles. The molecule has 25 heavy (non-hydrogen) atoms. The summed E-state index contributed by atoms with van der Waals surface area (Å²) >= 11 is 0. The molecule has 0 bridgehead atoms. The van der Waals surface area contributed by atoms with Crippen molar-refractivity contribution in [3.8, 4) is 0 Å². The Bertz CT molecular complexity index is 732. The first-order chi connectivity index (χ1) is 11.6. The molecule has 0 radical (unpaired) electrons. The number of urea groups is 1. The third-order valence-corrected chi connectivity index (χ3v) is 4.79. The van der Waals surface area contributed by atoms with Gasteiger partial charge in [-0.05, 0) is 32.8 Å². The lowest BCUT2D eigenvalue weighted by atomic mass is 10.1. The number of imide groups is 1. The number of Topliss-reactive ketones (excluding diaryl/α,β-unsaturated/α-hetero) is 1. The summed E-state index contributed by atoms with van der Waals surface area (Å²) in [5.41, 5.74) is 0.590. The number of carbonyl (C=O) groups excluding carboxylic acids is 3. The van der Waals surface area contributed by atoms with Gasteiger partial charge < -0.3 is 9.47 Å². The molecule has 0 aliphatic carbocycles. The molecular formula is C16H18F3N3O3. The largest absolute Gasteiger partial charge is 0.406 e. The predicted octanol–water partition coefficient (Wildman–Crippen LogP) is 2.28. The summed E-state index contributed by atoms with van der Waals surface area (Å²) in [7, 11) is 0. The summed E-state index contributed by atoms with van der Waals surface area (Å²) in [4.78, 5) is 39.4. The molecule has 9 heteroatoms. The topological polar surface area (TPSA) is 62.6 Å². The molecule has 3 amide bonds. The molecule has 2 aliphatic rings. The second-order valence-corrected chi connectivity index (χ2v) is 6.47. The number of halogens is 3. The van der Waals surface area contributed by atoms with Crippen LogP contribution in [-0.2, 0) is 11.3 Å². The fourth-order valence-electron chi connectivity index (χ4n) is 3.56. The summed E-state index contributed by atoms with van der Waals surface area (Å²) in [6, 6.07) is 0.373. The maximum Gasteiger partial charge on any atom is 0.406 e. The number of fused-ring (bicyclic) bond motifs is 1. The van der Waals surface area contributed by atoms with Crippen LogP contribution in [0.5, 0.6) is 0 Å². The monoisotopic (exact) mass is 357 g/mol. The molecule has 1 aromatic heterocycles. The minimum atomic E-state index is -4.40. The van der Waals surface area contributed by atoms with Gasteiger partial charge in [-0.3, -0.25) is 14.5 Å². The van der Waals surface area contributed by atoms with Gasteiger partial charge in [0.15, 0.2) is 5.78 Å². The third-order valence-electron chi connectivity index (χ3n) is 4.79. The van der Waals surface area contributed by atoms with E-state index in [2.05, 4.69) is 0 Å². The molecular weight excluding hydrogens is 339 g/mol. The third kappa shape index (κ3) is 3.03. The Morgan fingerprint density at radius 3 is 2.56 bits per heavy atom. The van der Waals surface area contributed by atoms with Crippen molar-refractivity contribution in [2.75, 3.05) is 13.1 Å². The molecule has 0 aromatic carbocycles. The van der Waals surface area contributed by atoms with Crippen molar-refractivity contribution >= 4 is 17.7 Å². The Balaban J connectivity index is 1.79. The molecule has 2 aliphatic heterocycles. The molecule has 0 spiro atoms. The maximum atomic E-state index is 12.7. The molecule has 2 fully saturated rings. The number of hydrogen-bond acceptors (Lipinski definition) is 3. The summed E-state index contributed by atoms with van der Waals surface area (Å²) < 4.78 is 39.0. The number of amides is 3. The van der Waals surface area contributed by atoms with Gasteiger partial charge in [0.25, 0.3) is 5.91 Å². The SMILES string of the molecule is Cc1cc(C(=O)CN2C(=O)C3CCCN3C2=O)c(C)n1CC(F)(F)F. The van der Waals surface area contributed by atoms with E-state index in [0.29, 0.717) is 18.7 Å². The Morgan fingerprint density at radius 1 is 1.28 bits per heavy atom. The van der Waals surface area contributed by atoms with E-state index in [1.807, 2.05) is 0 Å². The number of aromatic nitrogens is 1. The van der Waals surface area contributed by atoms with Crippen molar-refractivity contribution < 1.29 is 27.6 Å². The Kier molecular flexibility index (Phi) is 4.12. The van der Waals surface area contributed by atoms with Crippen LogP contribution in [-0.4, -0.2) is 57.4 Å². The fraction of sp³-hybridized carbons (Fsp3) is 0.562. The molecule has 1 atom stereocenters. The van der Waals surface area contributed by atoms with Crippen LogP contribution in [0.4, 0.5) is 18.0 Å². The van der Waals surface area contributed by atoms with Crippen LogP contribution in [0.2, 0.25) is 0 Å². The fourth-order valence-corrected chi connectivity index (χ4v) is 3.56. The van der Waals surface area contributed by atoms with Gasteiger partial charge in [0.05, 0.1) is 6.54 Å². The molecule has 0 N–H and O–H groups in total. The highest BCUT2D eigenvalue weighted by atomic mass is 19.4. The maximum absolute atomic E-state index is 12.7. The van der Waals surface area contributed by atoms with Crippen molar-refractivity contribution in [2.24, 2.45) is 0 Å². The van der Waals surface area contributed by atoms with Gasteiger partial charge in [0.2, 0.25) is 0 Å². The standard InChI is InChI=1S/C16H18F3N3O3/c1-9-6-11(10(2)22(9)8-16(17,18)19)13(23)7-21-14(24)12-4-3-5-20(12)15(21)25/h6,12H,3-5,7-8H2,1-2H3. The molecule has 6 nitrogen and oxygen atoms in total. The predicted molar refractivity (Wildman–Crippen MR) is 81.1 cm³/mol. The van der Waals surface area contributed by atoms with E-state index in [1.54, 1.807) is 0 Å². The van der Waals surface area contributed by atoms with Crippen molar-refractivity contribution in [1.82, 2.24) is 14.4 Å². The van der Waals surface area contributed by atoms with Gasteiger partial charge in [0.1, 0.15) is 12.6 Å². The highest BCUT2D eigenvalue weighted by Gasteiger charge is 2.47. The second kappa shape index (κ2) is 5.89. The van der Waals surface area contributed by atoms with Crippen molar-refractivity contribution in [2.45, 2.75) is 45.5 Å². The zero-order valence-corrected chi connectivity index (χ0v) is 13.9. The summed E-state index contributed by atoms with van der Waals surface area (Å²) in [5.74, 6) is -0.940. The number of alkyl halides is 3. The average molecular weight is 357 g/mol. The van der Waals surface area contributed by atoms with Crippen LogP contribution >= 0.6 is 0 Å². The molecule has 3 heterocycles. The van der Waals surface area contributed by atoms with E-state index in [9.17, 15) is 27.6 Å². The smallest absolute Gasteiger partial charge is 0.339 e. The van der Waals surface area contributed by atoms with Crippen LogP contribution in [0, 0.1) is 13.8 Å². The van der Waals surface area contributed by atoms with E-state index < -0.39 is 43.0 Å². The quantitative estimate of drug-likeness (QED) is 0.613. The minimum absolute atomic E-state index is 0.106. The van der Waals surface area contributed by atoms with Crippen LogP contribution in [0.25, 0.3) is 0 Å². The van der Waals surface area contributed by atoms with Gasteiger partial charge >= 0.3 is 12.2 Å². The average Bonchev–Trinajstić information content (AvgIpc) is 3.15. The first-order valence-corrected chi connectivity index (χ1v) is 7.99. The Morgan fingerprint density at radius 2 is 1.96 bits per heavy atom. The zero-order valence-electron chi connectivity index (χ0n) is 13.9. The van der Waals surface area contributed by atoms with Crippen LogP contribution < -0.4 is 0 Å². The van der Waals surface area contributed by atoms with Crippen LogP contribution in [0.1, 0.15) is 34.6 Å². The van der Waals surface area contributed by atoms with Crippen molar-refractivity contribution in [3.63, 3.8) is 0 Å². The van der Waals surface area contributed by atoms with Gasteiger partial charge in [-0.15, -0.1) is 0 Å². The van der Waals surface area contributed by atoms with Gasteiger partial charge in [-0.25, -0.2) is 4.79 Å². The number of hydrogen-bond donors (Lipinski definition) is 0. The molecule has 3 rings (SSSR count). The minimum Gasteiger partial charge on any atom is -0.339 e. The number of nitrogens with zero attached hydrogens (tertiary/aromatic N) is 3. The van der Waals surface area contributed by atoms with E-state index in [4.69, 9.17) is 0 Å². The number of ketones is 1. The Labute approximate surface area is 142 Å². The second-order valence-electron chi connectivity index (χ2n) is 6.47. The first kappa shape index (κ1) is 17.5. The molecule has 2 saturated heterocycles. The summed E-state index contributed by atoms with van der Waals surface area (Å²) in [6.45, 7) is 1.77.